The van der Waals surface area contributed by atoms with E-state index in [1.165, 1.54) is 18.4 Å². The van der Waals surface area contributed by atoms with E-state index in [1.54, 1.807) is 0 Å². The summed E-state index contributed by atoms with van der Waals surface area (Å²) in [6.45, 7) is 8.36. The Morgan fingerprint density at radius 2 is 2.05 bits per heavy atom. The van der Waals surface area contributed by atoms with E-state index < -0.39 is 0 Å². The Morgan fingerprint density at radius 3 is 2.70 bits per heavy atom. The van der Waals surface area contributed by atoms with Crippen LogP contribution in [0.2, 0.25) is 0 Å². The van der Waals surface area contributed by atoms with E-state index in [0.29, 0.717) is 5.92 Å². The van der Waals surface area contributed by atoms with Gasteiger partial charge in [0.2, 0.25) is 0 Å². The van der Waals surface area contributed by atoms with E-state index in [9.17, 15) is 0 Å². The highest BCUT2D eigenvalue weighted by atomic mass is 16.5. The molecule has 0 saturated carbocycles. The minimum absolute atomic E-state index is 0.205. The monoisotopic (exact) mass is 279 g/mol. The lowest BCUT2D eigenvalue weighted by atomic mass is 10.0. The molecule has 1 atom stereocenters. The van der Waals surface area contributed by atoms with Crippen molar-refractivity contribution in [3.8, 4) is 5.75 Å². The number of nitrogens with one attached hydrogen (secondary N) is 1. The van der Waals surface area contributed by atoms with Crippen molar-refractivity contribution in [3.05, 3.63) is 29.8 Å². The van der Waals surface area contributed by atoms with Gasteiger partial charge in [-0.1, -0.05) is 25.5 Å². The molecular formula is C17H29NO2. The van der Waals surface area contributed by atoms with Crippen molar-refractivity contribution >= 4 is 0 Å². The van der Waals surface area contributed by atoms with E-state index in [-0.39, 0.29) is 12.7 Å². The molecule has 0 saturated heterocycles. The molecule has 20 heavy (non-hydrogen) atoms. The van der Waals surface area contributed by atoms with Crippen molar-refractivity contribution in [2.45, 2.75) is 52.7 Å². The van der Waals surface area contributed by atoms with Crippen LogP contribution in [0.1, 0.15) is 45.6 Å². The van der Waals surface area contributed by atoms with Gasteiger partial charge in [0.15, 0.2) is 0 Å². The highest BCUT2D eigenvalue weighted by Gasteiger charge is 2.06. The van der Waals surface area contributed by atoms with Crippen LogP contribution in [-0.2, 0) is 6.54 Å². The molecule has 2 N–H and O–H groups in total. The van der Waals surface area contributed by atoms with Gasteiger partial charge in [-0.25, -0.2) is 0 Å². The topological polar surface area (TPSA) is 41.5 Å². The third-order valence-electron chi connectivity index (χ3n) is 3.27. The smallest absolute Gasteiger partial charge is 0.120 e. The SMILES string of the molecule is CCCC(CCO)CNCc1cccc(OC(C)C)c1. The van der Waals surface area contributed by atoms with Crippen LogP contribution in [0.25, 0.3) is 0 Å². The molecule has 0 spiro atoms. The number of ether oxygens (including phenoxy) is 1. The molecule has 114 valence electrons. The maximum atomic E-state index is 9.06. The molecule has 1 aromatic carbocycles. The van der Waals surface area contributed by atoms with Crippen LogP contribution < -0.4 is 10.1 Å². The predicted octanol–water partition coefficient (Wildman–Crippen LogP) is 3.36. The Bertz CT molecular complexity index is 360. The summed E-state index contributed by atoms with van der Waals surface area (Å²) in [4.78, 5) is 0. The molecule has 0 fully saturated rings. The van der Waals surface area contributed by atoms with E-state index in [2.05, 4.69) is 24.4 Å². The molecule has 0 amide bonds. The zero-order chi connectivity index (χ0) is 14.8. The lowest BCUT2D eigenvalue weighted by molar-refractivity contribution is 0.242. The summed E-state index contributed by atoms with van der Waals surface area (Å²) in [7, 11) is 0. The number of hydrogen-bond donors (Lipinski definition) is 2. The first kappa shape index (κ1) is 17.0. The number of benzene rings is 1. The normalized spacial score (nSPS) is 12.7. The van der Waals surface area contributed by atoms with Crippen molar-refractivity contribution in [1.29, 1.82) is 0 Å². The third kappa shape index (κ3) is 6.92. The molecule has 0 aliphatic heterocycles. The summed E-state index contributed by atoms with van der Waals surface area (Å²) in [5.74, 6) is 1.50. The summed E-state index contributed by atoms with van der Waals surface area (Å²) >= 11 is 0. The standard InChI is InChI=1S/C17H29NO2/c1-4-6-15(9-10-19)12-18-13-16-7-5-8-17(11-16)20-14(2)3/h5,7-8,11,14-15,18-19H,4,6,9-10,12-13H2,1-3H3. The van der Waals surface area contributed by atoms with E-state index in [1.807, 2.05) is 26.0 Å². The molecule has 1 rings (SSSR count). The zero-order valence-electron chi connectivity index (χ0n) is 13.1. The Morgan fingerprint density at radius 1 is 1.25 bits per heavy atom. The summed E-state index contributed by atoms with van der Waals surface area (Å²) in [6, 6.07) is 8.23. The van der Waals surface area contributed by atoms with Gasteiger partial charge in [0.1, 0.15) is 5.75 Å². The molecule has 3 nitrogen and oxygen atoms in total. The molecule has 0 aliphatic carbocycles. The lowest BCUT2D eigenvalue weighted by Crippen LogP contribution is -2.23. The van der Waals surface area contributed by atoms with Crippen molar-refractivity contribution in [3.63, 3.8) is 0 Å². The summed E-state index contributed by atoms with van der Waals surface area (Å²) in [5, 5.41) is 12.5. The second-order valence-corrected chi connectivity index (χ2v) is 5.61. The van der Waals surface area contributed by atoms with Gasteiger partial charge in [0.05, 0.1) is 6.10 Å². The molecule has 0 aliphatic rings. The Labute approximate surface area is 123 Å². The predicted molar refractivity (Wildman–Crippen MR) is 84.0 cm³/mol. The fraction of sp³-hybridized carbons (Fsp3) is 0.647. The fourth-order valence-corrected chi connectivity index (χ4v) is 2.36. The van der Waals surface area contributed by atoms with E-state index in [4.69, 9.17) is 9.84 Å². The maximum absolute atomic E-state index is 9.06. The van der Waals surface area contributed by atoms with Gasteiger partial charge < -0.3 is 15.2 Å². The summed E-state index contributed by atoms with van der Waals surface area (Å²) < 4.78 is 5.70. The van der Waals surface area contributed by atoms with E-state index in [0.717, 1.165) is 25.3 Å². The second-order valence-electron chi connectivity index (χ2n) is 5.61. The maximum Gasteiger partial charge on any atom is 0.120 e. The quantitative estimate of drug-likeness (QED) is 0.690. The van der Waals surface area contributed by atoms with Crippen LogP contribution in [0.15, 0.2) is 24.3 Å². The van der Waals surface area contributed by atoms with Crippen molar-refractivity contribution < 1.29 is 9.84 Å². The fourth-order valence-electron chi connectivity index (χ4n) is 2.36. The molecule has 3 heteroatoms. The van der Waals surface area contributed by atoms with Crippen LogP contribution in [0.5, 0.6) is 5.75 Å². The zero-order valence-corrected chi connectivity index (χ0v) is 13.1. The molecule has 1 aromatic rings. The van der Waals surface area contributed by atoms with Crippen LogP contribution in [0.3, 0.4) is 0 Å². The number of hydrogen-bond acceptors (Lipinski definition) is 3. The van der Waals surface area contributed by atoms with Crippen LogP contribution in [0.4, 0.5) is 0 Å². The first-order valence-electron chi connectivity index (χ1n) is 7.72. The van der Waals surface area contributed by atoms with Crippen LogP contribution in [0, 0.1) is 5.92 Å². The number of rotatable bonds is 10. The summed E-state index contributed by atoms with van der Waals surface area (Å²) in [5.41, 5.74) is 1.24. The van der Waals surface area contributed by atoms with E-state index >= 15 is 0 Å². The summed E-state index contributed by atoms with van der Waals surface area (Å²) in [6.07, 6.45) is 3.43. The highest BCUT2D eigenvalue weighted by Crippen LogP contribution is 2.15. The first-order chi connectivity index (χ1) is 9.65. The highest BCUT2D eigenvalue weighted by molar-refractivity contribution is 5.28. The largest absolute Gasteiger partial charge is 0.491 e. The van der Waals surface area contributed by atoms with Crippen molar-refractivity contribution in [2.24, 2.45) is 5.92 Å². The van der Waals surface area contributed by atoms with Gasteiger partial charge in [-0.2, -0.15) is 0 Å². The second kappa shape index (κ2) is 9.78. The third-order valence-corrected chi connectivity index (χ3v) is 3.27. The van der Waals surface area contributed by atoms with Crippen molar-refractivity contribution in [1.82, 2.24) is 5.32 Å². The Balaban J connectivity index is 2.40. The van der Waals surface area contributed by atoms with Crippen LogP contribution in [-0.4, -0.2) is 24.4 Å². The van der Waals surface area contributed by atoms with Gasteiger partial charge in [-0.3, -0.25) is 0 Å². The molecule has 0 heterocycles. The minimum Gasteiger partial charge on any atom is -0.491 e. The first-order valence-corrected chi connectivity index (χ1v) is 7.72. The average molecular weight is 279 g/mol. The minimum atomic E-state index is 0.205. The van der Waals surface area contributed by atoms with Crippen molar-refractivity contribution in [2.75, 3.05) is 13.2 Å². The Kier molecular flexibility index (Phi) is 8.31. The molecule has 0 radical (unpaired) electrons. The van der Waals surface area contributed by atoms with Gasteiger partial charge >= 0.3 is 0 Å². The molecular weight excluding hydrogens is 250 g/mol. The number of aliphatic hydroxyl groups excluding tert-OH is 1. The molecule has 0 aromatic heterocycles. The van der Waals surface area contributed by atoms with Crippen LogP contribution >= 0.6 is 0 Å². The van der Waals surface area contributed by atoms with Gasteiger partial charge in [-0.05, 0) is 56.8 Å². The Hall–Kier alpha value is -1.06. The average Bonchev–Trinajstić information content (AvgIpc) is 2.39. The van der Waals surface area contributed by atoms with Gasteiger partial charge in [0, 0.05) is 13.2 Å². The molecule has 1 unspecified atom stereocenters. The molecule has 0 bridgehead atoms. The lowest BCUT2D eigenvalue weighted by Gasteiger charge is -2.16. The number of aliphatic hydroxyl groups is 1. The van der Waals surface area contributed by atoms with Gasteiger partial charge in [-0.15, -0.1) is 0 Å². The van der Waals surface area contributed by atoms with Gasteiger partial charge in [0.25, 0.3) is 0 Å².